The summed E-state index contributed by atoms with van der Waals surface area (Å²) in [5.74, 6) is 0.588. The minimum atomic E-state index is -3.49. The predicted molar refractivity (Wildman–Crippen MR) is 120 cm³/mol. The summed E-state index contributed by atoms with van der Waals surface area (Å²) >= 11 is 0. The van der Waals surface area contributed by atoms with Crippen LogP contribution in [0.5, 0.6) is 5.75 Å². The zero-order valence-corrected chi connectivity index (χ0v) is 18.5. The molecule has 0 bridgehead atoms. The number of carbonyl (C=O) groups excluding carboxylic acids is 1. The molecule has 0 fully saturated rings. The summed E-state index contributed by atoms with van der Waals surface area (Å²) in [4.78, 5) is 16.5. The van der Waals surface area contributed by atoms with Gasteiger partial charge in [-0.2, -0.15) is 0 Å². The van der Waals surface area contributed by atoms with Gasteiger partial charge >= 0.3 is 6.03 Å². The van der Waals surface area contributed by atoms with Gasteiger partial charge in [0.1, 0.15) is 18.8 Å². The highest BCUT2D eigenvalue weighted by Crippen LogP contribution is 2.21. The van der Waals surface area contributed by atoms with Crippen LogP contribution in [0.1, 0.15) is 22.4 Å². The van der Waals surface area contributed by atoms with Crippen molar-refractivity contribution in [1.29, 1.82) is 0 Å². The molecule has 9 heteroatoms. The standard InChI is InChI=1S/C23H24N4O4S/c1-31-21-7-4-20(25-14-21)13-26-23(28)27-19-5-8-22(9-6-19)32(29,30)15-16-2-3-17-11-24-12-18(17)10-16/h2-10,14,24H,11-13,15H2,1H3,(H2,26,27,28)/p+1. The van der Waals surface area contributed by atoms with E-state index in [9.17, 15) is 13.2 Å². The van der Waals surface area contributed by atoms with E-state index in [1.54, 1.807) is 37.6 Å². The second-order valence-corrected chi connectivity index (χ2v) is 9.57. The molecule has 0 atom stereocenters. The smallest absolute Gasteiger partial charge is 0.319 e. The summed E-state index contributed by atoms with van der Waals surface area (Å²) < 4.78 is 30.7. The molecule has 0 saturated heterocycles. The van der Waals surface area contributed by atoms with E-state index in [-0.39, 0.29) is 17.2 Å². The summed E-state index contributed by atoms with van der Waals surface area (Å²) in [7, 11) is -1.92. The number of carbonyl (C=O) groups is 1. The number of nitrogens with zero attached hydrogens (tertiary/aromatic N) is 1. The maximum atomic E-state index is 12.8. The number of quaternary nitrogens is 1. The molecule has 0 unspecified atom stereocenters. The Kier molecular flexibility index (Phi) is 6.38. The Bertz CT molecular complexity index is 1210. The number of hydrogen-bond acceptors (Lipinski definition) is 5. The first-order valence-corrected chi connectivity index (χ1v) is 11.9. The maximum Gasteiger partial charge on any atom is 0.319 e. The average Bonchev–Trinajstić information content (AvgIpc) is 3.26. The minimum Gasteiger partial charge on any atom is -0.495 e. The lowest BCUT2D eigenvalue weighted by atomic mass is 10.1. The van der Waals surface area contributed by atoms with Crippen LogP contribution in [-0.2, 0) is 35.2 Å². The first-order valence-electron chi connectivity index (χ1n) is 10.2. The van der Waals surface area contributed by atoms with Crippen LogP contribution in [-0.4, -0.2) is 26.5 Å². The van der Waals surface area contributed by atoms with E-state index in [1.165, 1.54) is 23.3 Å². The largest absolute Gasteiger partial charge is 0.495 e. The van der Waals surface area contributed by atoms with E-state index in [0.717, 1.165) is 18.7 Å². The van der Waals surface area contributed by atoms with Gasteiger partial charge in [0.05, 0.1) is 36.2 Å². The lowest BCUT2D eigenvalue weighted by Crippen LogP contribution is -2.77. The van der Waals surface area contributed by atoms with Gasteiger partial charge in [-0.15, -0.1) is 0 Å². The van der Waals surface area contributed by atoms with Gasteiger partial charge in [-0.1, -0.05) is 12.1 Å². The predicted octanol–water partition coefficient (Wildman–Crippen LogP) is 1.96. The Hall–Kier alpha value is -3.43. The SMILES string of the molecule is COc1ccc(CNC(=O)Nc2ccc(S(=O)(=O)Cc3ccc4c(c3)C[NH2+]C4)cc2)nc1. The van der Waals surface area contributed by atoms with Gasteiger partial charge in [0, 0.05) is 16.8 Å². The number of nitrogens with two attached hydrogens (primary N) is 1. The van der Waals surface area contributed by atoms with Crippen molar-refractivity contribution >= 4 is 21.6 Å². The summed E-state index contributed by atoms with van der Waals surface area (Å²) in [6.45, 7) is 2.09. The highest BCUT2D eigenvalue weighted by molar-refractivity contribution is 7.90. The molecule has 8 nitrogen and oxygen atoms in total. The van der Waals surface area contributed by atoms with E-state index in [1.807, 2.05) is 18.2 Å². The number of aromatic nitrogens is 1. The lowest BCUT2D eigenvalue weighted by Gasteiger charge is -2.09. The van der Waals surface area contributed by atoms with Gasteiger partial charge in [-0.25, -0.2) is 13.2 Å². The Labute approximate surface area is 186 Å². The topological polar surface area (TPSA) is 114 Å². The van der Waals surface area contributed by atoms with Crippen LogP contribution >= 0.6 is 0 Å². The Balaban J connectivity index is 1.33. The molecule has 0 spiro atoms. The molecule has 3 aromatic rings. The van der Waals surface area contributed by atoms with E-state index in [2.05, 4.69) is 20.9 Å². The maximum absolute atomic E-state index is 12.8. The average molecular weight is 454 g/mol. The highest BCUT2D eigenvalue weighted by Gasteiger charge is 2.19. The zero-order chi connectivity index (χ0) is 22.6. The number of hydrogen-bond donors (Lipinski definition) is 3. The molecule has 166 valence electrons. The molecule has 1 aromatic heterocycles. The molecule has 32 heavy (non-hydrogen) atoms. The minimum absolute atomic E-state index is 0.0532. The van der Waals surface area contributed by atoms with E-state index < -0.39 is 15.9 Å². The molecule has 2 heterocycles. The Morgan fingerprint density at radius 1 is 1.06 bits per heavy atom. The molecule has 4 N–H and O–H groups in total. The third kappa shape index (κ3) is 5.24. The number of pyridine rings is 1. The van der Waals surface area contributed by atoms with Crippen molar-refractivity contribution in [3.63, 3.8) is 0 Å². The molecule has 2 aromatic carbocycles. The molecule has 4 rings (SSSR count). The van der Waals surface area contributed by atoms with Gasteiger partial charge in [-0.05, 0) is 48.0 Å². The number of methoxy groups -OCH3 is 1. The third-order valence-electron chi connectivity index (χ3n) is 5.29. The van der Waals surface area contributed by atoms with Crippen molar-refractivity contribution in [2.75, 3.05) is 12.4 Å². The van der Waals surface area contributed by atoms with E-state index >= 15 is 0 Å². The van der Waals surface area contributed by atoms with Crippen LogP contribution < -0.4 is 20.7 Å². The number of urea groups is 1. The van der Waals surface area contributed by atoms with Crippen molar-refractivity contribution in [3.05, 3.63) is 83.2 Å². The summed E-state index contributed by atoms with van der Waals surface area (Å²) in [5.41, 5.74) is 4.44. The fraction of sp³-hybridized carbons (Fsp3) is 0.217. The van der Waals surface area contributed by atoms with E-state index in [4.69, 9.17) is 4.74 Å². The quantitative estimate of drug-likeness (QED) is 0.506. The zero-order valence-electron chi connectivity index (χ0n) is 17.7. The summed E-state index contributed by atoms with van der Waals surface area (Å²) in [6, 6.07) is 15.2. The van der Waals surface area contributed by atoms with Crippen molar-refractivity contribution in [2.24, 2.45) is 0 Å². The fourth-order valence-corrected chi connectivity index (χ4v) is 4.91. The fourth-order valence-electron chi connectivity index (χ4n) is 3.57. The van der Waals surface area contributed by atoms with Crippen LogP contribution in [0.2, 0.25) is 0 Å². The van der Waals surface area contributed by atoms with E-state index in [0.29, 0.717) is 17.1 Å². The third-order valence-corrected chi connectivity index (χ3v) is 6.99. The highest BCUT2D eigenvalue weighted by atomic mass is 32.2. The molecule has 0 saturated carbocycles. The second kappa shape index (κ2) is 9.37. The first-order chi connectivity index (χ1) is 15.4. The number of rotatable bonds is 7. The number of ether oxygens (including phenoxy) is 1. The number of fused-ring (bicyclic) bond motifs is 1. The molecular weight excluding hydrogens is 428 g/mol. The number of amides is 2. The van der Waals surface area contributed by atoms with Gasteiger partial charge in [-0.3, -0.25) is 4.98 Å². The van der Waals surface area contributed by atoms with Gasteiger partial charge in [0.15, 0.2) is 9.84 Å². The van der Waals surface area contributed by atoms with Crippen molar-refractivity contribution in [3.8, 4) is 5.75 Å². The van der Waals surface area contributed by atoms with Crippen LogP contribution in [0.15, 0.2) is 65.7 Å². The van der Waals surface area contributed by atoms with Crippen molar-refractivity contribution in [2.45, 2.75) is 30.3 Å². The molecular formula is C23H25N4O4S+. The number of benzene rings is 2. The monoisotopic (exact) mass is 453 g/mol. The van der Waals surface area contributed by atoms with Gasteiger partial charge in [0.2, 0.25) is 0 Å². The number of sulfone groups is 1. The first kappa shape index (κ1) is 21.8. The van der Waals surface area contributed by atoms with Crippen LogP contribution in [0, 0.1) is 0 Å². The lowest BCUT2D eigenvalue weighted by molar-refractivity contribution is -0.676. The second-order valence-electron chi connectivity index (χ2n) is 7.58. The van der Waals surface area contributed by atoms with Crippen LogP contribution in [0.25, 0.3) is 0 Å². The summed E-state index contributed by atoms with van der Waals surface area (Å²) in [6.07, 6.45) is 1.58. The Morgan fingerprint density at radius 2 is 1.84 bits per heavy atom. The van der Waals surface area contributed by atoms with Crippen molar-refractivity contribution in [1.82, 2.24) is 10.3 Å². The van der Waals surface area contributed by atoms with Crippen LogP contribution in [0.4, 0.5) is 10.5 Å². The number of nitrogens with one attached hydrogen (secondary N) is 2. The molecule has 1 aliphatic rings. The molecule has 2 amide bonds. The molecule has 0 aliphatic carbocycles. The van der Waals surface area contributed by atoms with Gasteiger partial charge < -0.3 is 20.7 Å². The summed E-state index contributed by atoms with van der Waals surface area (Å²) in [5, 5.41) is 7.59. The van der Waals surface area contributed by atoms with Gasteiger partial charge in [0.25, 0.3) is 0 Å². The normalized spacial score (nSPS) is 12.8. The molecule has 1 aliphatic heterocycles. The van der Waals surface area contributed by atoms with Crippen molar-refractivity contribution < 1.29 is 23.3 Å². The van der Waals surface area contributed by atoms with Crippen LogP contribution in [0.3, 0.4) is 0 Å². The molecule has 0 radical (unpaired) electrons. The number of anilines is 1. The Morgan fingerprint density at radius 3 is 2.56 bits per heavy atom.